The van der Waals surface area contributed by atoms with Crippen LogP contribution in [0.25, 0.3) is 0 Å². The van der Waals surface area contributed by atoms with E-state index in [0.29, 0.717) is 24.2 Å². The lowest BCUT2D eigenvalue weighted by Gasteiger charge is -2.14. The lowest BCUT2D eigenvalue weighted by molar-refractivity contribution is 0.602. The van der Waals surface area contributed by atoms with Crippen molar-refractivity contribution < 1.29 is 8.42 Å². The van der Waals surface area contributed by atoms with Crippen molar-refractivity contribution in [2.75, 3.05) is 22.1 Å². The first-order chi connectivity index (χ1) is 9.61. The van der Waals surface area contributed by atoms with Gasteiger partial charge in [-0.15, -0.1) is 5.10 Å². The Morgan fingerprint density at radius 2 is 1.90 bits per heavy atom. The van der Waals surface area contributed by atoms with E-state index in [2.05, 4.69) is 25.8 Å². The van der Waals surface area contributed by atoms with Crippen LogP contribution in [0.3, 0.4) is 0 Å². The third kappa shape index (κ3) is 3.36. The number of hydrogen-bond acceptors (Lipinski definition) is 7. The van der Waals surface area contributed by atoms with Crippen molar-refractivity contribution in [3.63, 3.8) is 0 Å². The van der Waals surface area contributed by atoms with Crippen molar-refractivity contribution in [1.82, 2.24) is 15.2 Å². The highest BCUT2D eigenvalue weighted by Crippen LogP contribution is 2.21. The van der Waals surface area contributed by atoms with Crippen LogP contribution < -0.4 is 10.6 Å². The Labute approximate surface area is 118 Å². The molecule has 1 saturated heterocycles. The van der Waals surface area contributed by atoms with E-state index in [1.54, 1.807) is 0 Å². The first-order valence-corrected chi connectivity index (χ1v) is 8.86. The average molecular weight is 297 g/mol. The number of hydrogen-bond donors (Lipinski definition) is 2. The van der Waals surface area contributed by atoms with Gasteiger partial charge in [0.05, 0.1) is 17.7 Å². The first kappa shape index (κ1) is 13.5. The normalized spacial score (nSPS) is 25.7. The fourth-order valence-electron chi connectivity index (χ4n) is 2.80. The van der Waals surface area contributed by atoms with Gasteiger partial charge in [-0.05, 0) is 19.3 Å². The number of anilines is 2. The molecule has 1 aromatic heterocycles. The summed E-state index contributed by atoms with van der Waals surface area (Å²) in [5.74, 6) is 1.52. The van der Waals surface area contributed by atoms with E-state index < -0.39 is 9.84 Å². The number of aromatic nitrogens is 3. The molecule has 0 aromatic carbocycles. The van der Waals surface area contributed by atoms with Gasteiger partial charge in [-0.25, -0.2) is 8.42 Å². The minimum Gasteiger partial charge on any atom is -0.365 e. The number of rotatable bonds is 4. The number of nitrogens with one attached hydrogen (secondary N) is 2. The molecule has 110 valence electrons. The molecule has 20 heavy (non-hydrogen) atoms. The van der Waals surface area contributed by atoms with Crippen LogP contribution in [0.4, 0.5) is 11.8 Å². The van der Waals surface area contributed by atoms with Crippen molar-refractivity contribution in [3.8, 4) is 0 Å². The molecule has 1 saturated carbocycles. The summed E-state index contributed by atoms with van der Waals surface area (Å²) >= 11 is 0. The van der Waals surface area contributed by atoms with Gasteiger partial charge >= 0.3 is 0 Å². The smallest absolute Gasteiger partial charge is 0.244 e. The summed E-state index contributed by atoms with van der Waals surface area (Å²) in [7, 11) is -2.89. The molecule has 2 aliphatic rings. The zero-order valence-corrected chi connectivity index (χ0v) is 12.1. The molecule has 0 bridgehead atoms. The maximum absolute atomic E-state index is 11.4. The molecule has 0 amide bonds. The predicted molar refractivity (Wildman–Crippen MR) is 76.4 cm³/mol. The molecule has 0 radical (unpaired) electrons. The molecule has 2 N–H and O–H groups in total. The largest absolute Gasteiger partial charge is 0.365 e. The van der Waals surface area contributed by atoms with Crippen molar-refractivity contribution >= 4 is 21.6 Å². The summed E-state index contributed by atoms with van der Waals surface area (Å²) < 4.78 is 22.9. The average Bonchev–Trinajstić information content (AvgIpc) is 3.00. The minimum atomic E-state index is -2.89. The second-order valence-corrected chi connectivity index (χ2v) is 7.76. The van der Waals surface area contributed by atoms with Crippen molar-refractivity contribution in [2.45, 2.75) is 44.2 Å². The number of nitrogens with zero attached hydrogens (tertiary/aromatic N) is 3. The van der Waals surface area contributed by atoms with Crippen LogP contribution in [0, 0.1) is 0 Å². The van der Waals surface area contributed by atoms with Crippen molar-refractivity contribution in [1.29, 1.82) is 0 Å². The molecule has 2 fully saturated rings. The van der Waals surface area contributed by atoms with Gasteiger partial charge in [0, 0.05) is 12.1 Å². The molecule has 1 aromatic rings. The molecule has 0 spiro atoms. The Bertz CT molecular complexity index is 571. The zero-order chi connectivity index (χ0) is 14.0. The van der Waals surface area contributed by atoms with Crippen molar-refractivity contribution in [2.24, 2.45) is 0 Å². The highest BCUT2D eigenvalue weighted by molar-refractivity contribution is 7.91. The molecule has 2 heterocycles. The topological polar surface area (TPSA) is 96.9 Å². The van der Waals surface area contributed by atoms with E-state index in [-0.39, 0.29) is 17.5 Å². The van der Waals surface area contributed by atoms with E-state index in [9.17, 15) is 8.42 Å². The van der Waals surface area contributed by atoms with Crippen LogP contribution in [0.1, 0.15) is 32.1 Å². The molecular weight excluding hydrogens is 278 g/mol. The first-order valence-electron chi connectivity index (χ1n) is 7.04. The third-order valence-electron chi connectivity index (χ3n) is 3.83. The summed E-state index contributed by atoms with van der Waals surface area (Å²) in [6.07, 6.45) is 6.91. The summed E-state index contributed by atoms with van der Waals surface area (Å²) in [5.41, 5.74) is 0. The number of sulfone groups is 1. The lowest BCUT2D eigenvalue weighted by atomic mass is 10.2. The van der Waals surface area contributed by atoms with E-state index >= 15 is 0 Å². The molecule has 1 aliphatic heterocycles. The van der Waals surface area contributed by atoms with Crippen molar-refractivity contribution in [3.05, 3.63) is 6.20 Å². The second-order valence-electron chi connectivity index (χ2n) is 5.54. The van der Waals surface area contributed by atoms with Crippen LogP contribution in [-0.4, -0.2) is 47.2 Å². The van der Waals surface area contributed by atoms with E-state index in [1.165, 1.54) is 19.0 Å². The Morgan fingerprint density at radius 3 is 2.60 bits per heavy atom. The maximum Gasteiger partial charge on any atom is 0.244 e. The van der Waals surface area contributed by atoms with Gasteiger partial charge in [0.2, 0.25) is 5.95 Å². The van der Waals surface area contributed by atoms with Gasteiger partial charge in [-0.1, -0.05) is 12.8 Å². The molecule has 8 heteroatoms. The van der Waals surface area contributed by atoms with E-state index in [1.807, 2.05) is 0 Å². The zero-order valence-electron chi connectivity index (χ0n) is 11.2. The molecule has 1 unspecified atom stereocenters. The molecule has 7 nitrogen and oxygen atoms in total. The molecule has 1 aliphatic carbocycles. The quantitative estimate of drug-likeness (QED) is 0.849. The summed E-state index contributed by atoms with van der Waals surface area (Å²) in [4.78, 5) is 4.36. The Hall–Kier alpha value is -1.44. The van der Waals surface area contributed by atoms with Crippen LogP contribution >= 0.6 is 0 Å². The highest BCUT2D eigenvalue weighted by Gasteiger charge is 2.28. The van der Waals surface area contributed by atoms with Gasteiger partial charge in [0.1, 0.15) is 0 Å². The van der Waals surface area contributed by atoms with Gasteiger partial charge in [-0.2, -0.15) is 10.1 Å². The summed E-state index contributed by atoms with van der Waals surface area (Å²) in [6, 6.07) is 0.356. The Morgan fingerprint density at radius 1 is 1.10 bits per heavy atom. The Kier molecular flexibility index (Phi) is 3.73. The van der Waals surface area contributed by atoms with Crippen LogP contribution in [0.2, 0.25) is 0 Å². The summed E-state index contributed by atoms with van der Waals surface area (Å²) in [5, 5.41) is 14.3. The van der Waals surface area contributed by atoms with Gasteiger partial charge in [0.15, 0.2) is 15.7 Å². The fraction of sp³-hybridized carbons (Fsp3) is 0.750. The van der Waals surface area contributed by atoms with Crippen LogP contribution in [-0.2, 0) is 9.84 Å². The summed E-state index contributed by atoms with van der Waals surface area (Å²) in [6.45, 7) is 0. The standard InChI is InChI=1S/C12H19N5O2S/c18-20(19)6-5-10(8-20)14-11-7-13-17-12(16-11)15-9-3-1-2-4-9/h7,9-10H,1-6,8H2,(H2,14,15,16,17). The SMILES string of the molecule is O=S1(=O)CCC(Nc2cnnc(NC3CCCC3)n2)C1. The van der Waals surface area contributed by atoms with Crippen LogP contribution in [0.5, 0.6) is 0 Å². The van der Waals surface area contributed by atoms with Gasteiger partial charge in [0.25, 0.3) is 0 Å². The van der Waals surface area contributed by atoms with Gasteiger partial charge < -0.3 is 10.6 Å². The maximum atomic E-state index is 11.4. The van der Waals surface area contributed by atoms with E-state index in [0.717, 1.165) is 12.8 Å². The van der Waals surface area contributed by atoms with Gasteiger partial charge in [-0.3, -0.25) is 0 Å². The minimum absolute atomic E-state index is 0.0731. The fourth-order valence-corrected chi connectivity index (χ4v) is 4.48. The van der Waals surface area contributed by atoms with E-state index in [4.69, 9.17) is 0 Å². The molecular formula is C12H19N5O2S. The molecule has 3 rings (SSSR count). The third-order valence-corrected chi connectivity index (χ3v) is 5.60. The Balaban J connectivity index is 1.62. The monoisotopic (exact) mass is 297 g/mol. The lowest BCUT2D eigenvalue weighted by Crippen LogP contribution is -2.22. The highest BCUT2D eigenvalue weighted by atomic mass is 32.2. The van der Waals surface area contributed by atoms with Crippen LogP contribution in [0.15, 0.2) is 6.20 Å². The predicted octanol–water partition coefficient (Wildman–Crippen LogP) is 0.825. The molecule has 1 atom stereocenters. The second kappa shape index (κ2) is 5.51.